The lowest BCUT2D eigenvalue weighted by Gasteiger charge is -2.27. The Labute approximate surface area is 135 Å². The van der Waals surface area contributed by atoms with Crippen LogP contribution in [0.4, 0.5) is 0 Å². The van der Waals surface area contributed by atoms with Crippen LogP contribution < -0.4 is 5.32 Å². The Kier molecular flexibility index (Phi) is 4.55. The highest BCUT2D eigenvalue weighted by Gasteiger charge is 2.18. The number of nitrogens with zero attached hydrogens (tertiary/aromatic N) is 2. The van der Waals surface area contributed by atoms with Gasteiger partial charge in [0.25, 0.3) is 5.91 Å². The van der Waals surface area contributed by atoms with Crippen molar-refractivity contribution in [3.8, 4) is 17.6 Å². The summed E-state index contributed by atoms with van der Waals surface area (Å²) in [6.45, 7) is 3.04. The highest BCUT2D eigenvalue weighted by Crippen LogP contribution is 2.10. The van der Waals surface area contributed by atoms with Gasteiger partial charge in [0, 0.05) is 49.7 Å². The summed E-state index contributed by atoms with van der Waals surface area (Å²) in [7, 11) is 0. The van der Waals surface area contributed by atoms with Gasteiger partial charge in [-0.25, -0.2) is 0 Å². The van der Waals surface area contributed by atoms with Crippen molar-refractivity contribution >= 4 is 5.91 Å². The molecule has 23 heavy (non-hydrogen) atoms. The second-order valence-corrected chi connectivity index (χ2v) is 5.30. The van der Waals surface area contributed by atoms with Gasteiger partial charge in [-0.3, -0.25) is 9.78 Å². The Morgan fingerprint density at radius 2 is 1.91 bits per heavy atom. The summed E-state index contributed by atoms with van der Waals surface area (Å²) in [6, 6.07) is 8.50. The van der Waals surface area contributed by atoms with Crippen molar-refractivity contribution in [2.45, 2.75) is 0 Å². The minimum absolute atomic E-state index is 0.0139. The molecule has 2 heterocycles. The molecule has 116 valence electrons. The van der Waals surface area contributed by atoms with Gasteiger partial charge in [0.1, 0.15) is 5.75 Å². The van der Waals surface area contributed by atoms with E-state index in [0.717, 1.165) is 13.1 Å². The van der Waals surface area contributed by atoms with Crippen LogP contribution in [0.5, 0.6) is 5.75 Å². The van der Waals surface area contributed by atoms with E-state index in [1.165, 1.54) is 0 Å². The zero-order valence-electron chi connectivity index (χ0n) is 12.6. The number of hydrogen-bond acceptors (Lipinski definition) is 4. The molecule has 0 spiro atoms. The highest BCUT2D eigenvalue weighted by molar-refractivity contribution is 5.94. The normalized spacial score (nSPS) is 14.0. The number of benzene rings is 1. The molecular weight excluding hydrogens is 290 g/mol. The lowest BCUT2D eigenvalue weighted by atomic mass is 10.1. The van der Waals surface area contributed by atoms with Gasteiger partial charge >= 0.3 is 0 Å². The van der Waals surface area contributed by atoms with Crippen molar-refractivity contribution in [2.75, 3.05) is 26.2 Å². The summed E-state index contributed by atoms with van der Waals surface area (Å²) in [5.41, 5.74) is 1.94. The fourth-order valence-corrected chi connectivity index (χ4v) is 2.40. The molecule has 1 aromatic carbocycles. The number of piperazine rings is 1. The molecule has 5 heteroatoms. The predicted octanol–water partition coefficient (Wildman–Crippen LogP) is 1.23. The van der Waals surface area contributed by atoms with E-state index in [4.69, 9.17) is 0 Å². The van der Waals surface area contributed by atoms with Crippen LogP contribution in [-0.4, -0.2) is 47.1 Å². The number of carbonyl (C=O) groups is 1. The number of rotatable bonds is 1. The van der Waals surface area contributed by atoms with Gasteiger partial charge in [0.2, 0.25) is 0 Å². The van der Waals surface area contributed by atoms with Crippen LogP contribution in [0.1, 0.15) is 21.5 Å². The molecule has 0 atom stereocenters. The number of phenols is 1. The van der Waals surface area contributed by atoms with Crippen molar-refractivity contribution in [3.05, 3.63) is 59.4 Å². The highest BCUT2D eigenvalue weighted by atomic mass is 16.3. The van der Waals surface area contributed by atoms with Crippen LogP contribution in [0.2, 0.25) is 0 Å². The van der Waals surface area contributed by atoms with Crippen LogP contribution in [0, 0.1) is 11.8 Å². The Balaban J connectivity index is 1.79. The first kappa shape index (κ1) is 15.1. The SMILES string of the molecule is O=C(c1cncc(C#Cc2cccc(O)c2)c1)N1CCNCC1. The molecule has 2 aromatic rings. The number of nitrogens with one attached hydrogen (secondary N) is 1. The summed E-state index contributed by atoms with van der Waals surface area (Å²) in [5, 5.41) is 12.7. The molecule has 1 aliphatic heterocycles. The van der Waals surface area contributed by atoms with E-state index in [2.05, 4.69) is 22.1 Å². The molecule has 5 nitrogen and oxygen atoms in total. The number of amides is 1. The number of aromatic hydroxyl groups is 1. The molecule has 1 amide bonds. The van der Waals surface area contributed by atoms with E-state index in [1.54, 1.807) is 36.7 Å². The summed E-state index contributed by atoms with van der Waals surface area (Å²) >= 11 is 0. The molecular formula is C18H17N3O2. The lowest BCUT2D eigenvalue weighted by molar-refractivity contribution is 0.0735. The minimum Gasteiger partial charge on any atom is -0.508 e. The zero-order chi connectivity index (χ0) is 16.1. The zero-order valence-corrected chi connectivity index (χ0v) is 12.6. The molecule has 2 N–H and O–H groups in total. The Morgan fingerprint density at radius 3 is 2.70 bits per heavy atom. The number of aromatic nitrogens is 1. The van der Waals surface area contributed by atoms with E-state index >= 15 is 0 Å². The topological polar surface area (TPSA) is 65.5 Å². The Bertz CT molecular complexity index is 771. The van der Waals surface area contributed by atoms with Crippen molar-refractivity contribution in [1.29, 1.82) is 0 Å². The van der Waals surface area contributed by atoms with E-state index in [9.17, 15) is 9.90 Å². The molecule has 0 saturated carbocycles. The molecule has 0 bridgehead atoms. The smallest absolute Gasteiger partial charge is 0.255 e. The van der Waals surface area contributed by atoms with E-state index < -0.39 is 0 Å². The van der Waals surface area contributed by atoms with Gasteiger partial charge < -0.3 is 15.3 Å². The molecule has 0 unspecified atom stereocenters. The molecule has 0 aliphatic carbocycles. The molecule has 3 rings (SSSR count). The third kappa shape index (κ3) is 3.87. The predicted molar refractivity (Wildman–Crippen MR) is 87.1 cm³/mol. The Morgan fingerprint density at radius 1 is 1.13 bits per heavy atom. The first-order chi connectivity index (χ1) is 11.2. The van der Waals surface area contributed by atoms with E-state index in [-0.39, 0.29) is 11.7 Å². The van der Waals surface area contributed by atoms with Crippen LogP contribution in [0.25, 0.3) is 0 Å². The standard InChI is InChI=1S/C18H17N3O2/c22-17-3-1-2-14(11-17)4-5-15-10-16(13-20-12-15)18(23)21-8-6-19-7-9-21/h1-3,10-13,19,22H,6-9H2. The minimum atomic E-state index is -0.0139. The maximum absolute atomic E-state index is 12.4. The van der Waals surface area contributed by atoms with Crippen molar-refractivity contribution < 1.29 is 9.90 Å². The first-order valence-corrected chi connectivity index (χ1v) is 7.48. The maximum atomic E-state index is 12.4. The van der Waals surface area contributed by atoms with Gasteiger partial charge in [-0.2, -0.15) is 0 Å². The van der Waals surface area contributed by atoms with Crippen LogP contribution in [0.15, 0.2) is 42.7 Å². The van der Waals surface area contributed by atoms with Crippen molar-refractivity contribution in [2.24, 2.45) is 0 Å². The summed E-state index contributed by atoms with van der Waals surface area (Å²) in [6.07, 6.45) is 3.20. The van der Waals surface area contributed by atoms with Gasteiger partial charge in [-0.05, 0) is 24.3 Å². The van der Waals surface area contributed by atoms with Crippen LogP contribution >= 0.6 is 0 Å². The molecule has 0 radical (unpaired) electrons. The summed E-state index contributed by atoms with van der Waals surface area (Å²) in [5.74, 6) is 6.11. The van der Waals surface area contributed by atoms with Gasteiger partial charge in [-0.15, -0.1) is 0 Å². The van der Waals surface area contributed by atoms with E-state index in [1.807, 2.05) is 11.0 Å². The first-order valence-electron chi connectivity index (χ1n) is 7.48. The monoisotopic (exact) mass is 307 g/mol. The molecule has 1 aromatic heterocycles. The molecule has 1 fully saturated rings. The molecule has 1 aliphatic rings. The van der Waals surface area contributed by atoms with Crippen LogP contribution in [0.3, 0.4) is 0 Å². The second kappa shape index (κ2) is 6.95. The number of phenolic OH excluding ortho intramolecular Hbond substituents is 1. The average molecular weight is 307 g/mol. The van der Waals surface area contributed by atoms with E-state index in [0.29, 0.717) is 29.8 Å². The largest absolute Gasteiger partial charge is 0.508 e. The number of carbonyl (C=O) groups excluding carboxylic acids is 1. The second-order valence-electron chi connectivity index (χ2n) is 5.30. The third-order valence-corrected chi connectivity index (χ3v) is 3.59. The Hall–Kier alpha value is -2.84. The average Bonchev–Trinajstić information content (AvgIpc) is 2.60. The number of pyridine rings is 1. The lowest BCUT2D eigenvalue weighted by Crippen LogP contribution is -2.46. The molecule has 1 saturated heterocycles. The van der Waals surface area contributed by atoms with Gasteiger partial charge in [-0.1, -0.05) is 17.9 Å². The summed E-state index contributed by atoms with van der Waals surface area (Å²) in [4.78, 5) is 18.4. The summed E-state index contributed by atoms with van der Waals surface area (Å²) < 4.78 is 0. The fraction of sp³-hybridized carbons (Fsp3) is 0.222. The van der Waals surface area contributed by atoms with Gasteiger partial charge in [0.05, 0.1) is 5.56 Å². The van der Waals surface area contributed by atoms with Crippen molar-refractivity contribution in [1.82, 2.24) is 15.2 Å². The quantitative estimate of drug-likeness (QED) is 0.778. The third-order valence-electron chi connectivity index (χ3n) is 3.59. The van der Waals surface area contributed by atoms with Gasteiger partial charge in [0.15, 0.2) is 0 Å². The number of hydrogen-bond donors (Lipinski definition) is 2. The maximum Gasteiger partial charge on any atom is 0.255 e. The van der Waals surface area contributed by atoms with Crippen LogP contribution in [-0.2, 0) is 0 Å². The van der Waals surface area contributed by atoms with Crippen molar-refractivity contribution in [3.63, 3.8) is 0 Å². The fourth-order valence-electron chi connectivity index (χ4n) is 2.40.